The Morgan fingerprint density at radius 3 is 2.74 bits per heavy atom. The van der Waals surface area contributed by atoms with E-state index in [1.807, 2.05) is 11.8 Å². The Bertz CT molecular complexity index is 476. The van der Waals surface area contributed by atoms with Gasteiger partial charge in [-0.3, -0.25) is 4.79 Å². The molecule has 1 aromatic rings. The molecule has 19 heavy (non-hydrogen) atoms. The number of amides is 1. The number of nitrogen functional groups attached to an aromatic ring is 1. The molecule has 1 aliphatic rings. The molecular formula is C13H16F2N2OS. The van der Waals surface area contributed by atoms with Crippen molar-refractivity contribution in [1.82, 2.24) is 5.32 Å². The number of anilines is 1. The Morgan fingerprint density at radius 2 is 2.05 bits per heavy atom. The summed E-state index contributed by atoms with van der Waals surface area (Å²) in [5, 5.41) is 2.59. The highest BCUT2D eigenvalue weighted by Gasteiger charge is 2.21. The molecule has 1 aliphatic heterocycles. The van der Waals surface area contributed by atoms with Crippen molar-refractivity contribution in [2.24, 2.45) is 5.92 Å². The molecule has 0 atom stereocenters. The third-order valence-corrected chi connectivity index (χ3v) is 4.29. The quantitative estimate of drug-likeness (QED) is 0.839. The number of nitrogens with two attached hydrogens (primary N) is 1. The number of hydrogen-bond acceptors (Lipinski definition) is 3. The molecule has 0 radical (unpaired) electrons. The van der Waals surface area contributed by atoms with Crippen LogP contribution in [0.15, 0.2) is 12.1 Å². The van der Waals surface area contributed by atoms with Crippen LogP contribution in [0.5, 0.6) is 0 Å². The van der Waals surface area contributed by atoms with Crippen molar-refractivity contribution >= 4 is 23.4 Å². The highest BCUT2D eigenvalue weighted by atomic mass is 32.2. The largest absolute Gasteiger partial charge is 0.396 e. The monoisotopic (exact) mass is 286 g/mol. The molecule has 1 fully saturated rings. The summed E-state index contributed by atoms with van der Waals surface area (Å²) < 4.78 is 27.1. The summed E-state index contributed by atoms with van der Waals surface area (Å²) in [6.45, 7) is 0.451. The minimum atomic E-state index is -0.989. The van der Waals surface area contributed by atoms with Crippen LogP contribution in [0, 0.1) is 17.6 Å². The first-order chi connectivity index (χ1) is 9.09. The number of benzene rings is 1. The van der Waals surface area contributed by atoms with Crippen molar-refractivity contribution in [3.63, 3.8) is 0 Å². The number of hydrogen-bond donors (Lipinski definition) is 2. The van der Waals surface area contributed by atoms with E-state index in [2.05, 4.69) is 5.32 Å². The molecule has 104 valence electrons. The summed E-state index contributed by atoms with van der Waals surface area (Å²) in [7, 11) is 0. The van der Waals surface area contributed by atoms with E-state index in [1.165, 1.54) is 0 Å². The molecule has 0 saturated carbocycles. The second kappa shape index (κ2) is 6.23. The first-order valence-electron chi connectivity index (χ1n) is 6.19. The van der Waals surface area contributed by atoms with Crippen LogP contribution < -0.4 is 11.1 Å². The number of carbonyl (C=O) groups excluding carboxylic acids is 1. The van der Waals surface area contributed by atoms with Crippen molar-refractivity contribution in [2.45, 2.75) is 12.8 Å². The maximum absolute atomic E-state index is 13.6. The highest BCUT2D eigenvalue weighted by Crippen LogP contribution is 2.22. The molecule has 0 spiro atoms. The molecule has 0 aliphatic carbocycles. The van der Waals surface area contributed by atoms with Crippen molar-refractivity contribution in [2.75, 3.05) is 23.8 Å². The first kappa shape index (κ1) is 14.1. The SMILES string of the molecule is Nc1ccc(F)c(C(=O)NCC2CCSCC2)c1F. The first-order valence-corrected chi connectivity index (χ1v) is 7.34. The summed E-state index contributed by atoms with van der Waals surface area (Å²) in [5.41, 5.74) is 4.53. The van der Waals surface area contributed by atoms with E-state index in [0.29, 0.717) is 12.5 Å². The van der Waals surface area contributed by atoms with Crippen LogP contribution in [0.3, 0.4) is 0 Å². The Balaban J connectivity index is 2.01. The van der Waals surface area contributed by atoms with Crippen molar-refractivity contribution < 1.29 is 13.6 Å². The molecule has 6 heteroatoms. The summed E-state index contributed by atoms with van der Waals surface area (Å²) in [5.74, 6) is -0.0821. The van der Waals surface area contributed by atoms with Crippen molar-refractivity contribution in [3.8, 4) is 0 Å². The van der Waals surface area contributed by atoms with Gasteiger partial charge in [-0.05, 0) is 42.4 Å². The summed E-state index contributed by atoms with van der Waals surface area (Å²) in [6.07, 6.45) is 2.04. The lowest BCUT2D eigenvalue weighted by Crippen LogP contribution is -2.32. The molecule has 1 aromatic carbocycles. The van der Waals surface area contributed by atoms with E-state index in [4.69, 9.17) is 5.73 Å². The Labute approximate surface area is 114 Å². The number of carbonyl (C=O) groups is 1. The fourth-order valence-electron chi connectivity index (χ4n) is 2.05. The molecular weight excluding hydrogens is 270 g/mol. The number of halogens is 2. The summed E-state index contributed by atoms with van der Waals surface area (Å²) in [4.78, 5) is 11.8. The molecule has 3 N–H and O–H groups in total. The van der Waals surface area contributed by atoms with Gasteiger partial charge in [0.15, 0.2) is 5.82 Å². The van der Waals surface area contributed by atoms with Gasteiger partial charge in [0.1, 0.15) is 11.4 Å². The van der Waals surface area contributed by atoms with Gasteiger partial charge in [-0.2, -0.15) is 11.8 Å². The smallest absolute Gasteiger partial charge is 0.257 e. The van der Waals surface area contributed by atoms with Gasteiger partial charge in [0.25, 0.3) is 5.91 Å². The number of thioether (sulfide) groups is 1. The minimum absolute atomic E-state index is 0.222. The second-order valence-electron chi connectivity index (χ2n) is 4.59. The van der Waals surface area contributed by atoms with E-state index in [-0.39, 0.29) is 5.69 Å². The molecule has 0 unspecified atom stereocenters. The highest BCUT2D eigenvalue weighted by molar-refractivity contribution is 7.99. The van der Waals surface area contributed by atoms with Gasteiger partial charge >= 0.3 is 0 Å². The number of rotatable bonds is 3. The topological polar surface area (TPSA) is 55.1 Å². The van der Waals surface area contributed by atoms with Gasteiger partial charge in [0.2, 0.25) is 0 Å². The van der Waals surface area contributed by atoms with Crippen LogP contribution in [-0.2, 0) is 0 Å². The minimum Gasteiger partial charge on any atom is -0.396 e. The zero-order chi connectivity index (χ0) is 13.8. The van der Waals surface area contributed by atoms with Crippen molar-refractivity contribution in [3.05, 3.63) is 29.3 Å². The molecule has 3 nitrogen and oxygen atoms in total. The third-order valence-electron chi connectivity index (χ3n) is 3.24. The van der Waals surface area contributed by atoms with E-state index in [1.54, 1.807) is 0 Å². The van der Waals surface area contributed by atoms with E-state index in [0.717, 1.165) is 36.5 Å². The van der Waals surface area contributed by atoms with Gasteiger partial charge in [-0.1, -0.05) is 0 Å². The Kier molecular flexibility index (Phi) is 4.63. The van der Waals surface area contributed by atoms with Gasteiger partial charge in [0.05, 0.1) is 5.69 Å². The average molecular weight is 286 g/mol. The number of nitrogens with one attached hydrogen (secondary N) is 1. The molecule has 1 heterocycles. The van der Waals surface area contributed by atoms with Crippen LogP contribution in [0.4, 0.5) is 14.5 Å². The van der Waals surface area contributed by atoms with Crippen LogP contribution in [0.25, 0.3) is 0 Å². The van der Waals surface area contributed by atoms with Gasteiger partial charge in [-0.25, -0.2) is 8.78 Å². The fraction of sp³-hybridized carbons (Fsp3) is 0.462. The Morgan fingerprint density at radius 1 is 1.37 bits per heavy atom. The van der Waals surface area contributed by atoms with E-state index < -0.39 is 23.1 Å². The van der Waals surface area contributed by atoms with Gasteiger partial charge in [0, 0.05) is 6.54 Å². The lowest BCUT2D eigenvalue weighted by molar-refractivity contribution is 0.0938. The molecule has 0 bridgehead atoms. The standard InChI is InChI=1S/C13H16F2N2OS/c14-9-1-2-10(16)12(15)11(9)13(18)17-7-8-3-5-19-6-4-8/h1-2,8H,3-7,16H2,(H,17,18). The normalized spacial score (nSPS) is 16.3. The van der Waals surface area contributed by atoms with Gasteiger partial charge < -0.3 is 11.1 Å². The summed E-state index contributed by atoms with van der Waals surface area (Å²) >= 11 is 1.89. The van der Waals surface area contributed by atoms with E-state index in [9.17, 15) is 13.6 Å². The van der Waals surface area contributed by atoms with E-state index >= 15 is 0 Å². The third kappa shape index (κ3) is 3.37. The maximum Gasteiger partial charge on any atom is 0.257 e. The molecule has 0 aromatic heterocycles. The fourth-order valence-corrected chi connectivity index (χ4v) is 3.26. The molecule has 2 rings (SSSR count). The zero-order valence-corrected chi connectivity index (χ0v) is 11.2. The lowest BCUT2D eigenvalue weighted by Gasteiger charge is -2.21. The van der Waals surface area contributed by atoms with Crippen LogP contribution in [0.1, 0.15) is 23.2 Å². The summed E-state index contributed by atoms with van der Waals surface area (Å²) in [6, 6.07) is 2.12. The second-order valence-corrected chi connectivity index (χ2v) is 5.82. The predicted octanol–water partition coefficient (Wildman–Crippen LogP) is 2.42. The van der Waals surface area contributed by atoms with Crippen LogP contribution in [-0.4, -0.2) is 24.0 Å². The lowest BCUT2D eigenvalue weighted by atomic mass is 10.0. The molecule has 1 amide bonds. The average Bonchev–Trinajstić information content (AvgIpc) is 2.42. The van der Waals surface area contributed by atoms with Crippen molar-refractivity contribution in [1.29, 1.82) is 0 Å². The zero-order valence-electron chi connectivity index (χ0n) is 10.4. The predicted molar refractivity (Wildman–Crippen MR) is 73.2 cm³/mol. The Hall–Kier alpha value is -1.30. The van der Waals surface area contributed by atoms with Crippen LogP contribution in [0.2, 0.25) is 0 Å². The maximum atomic E-state index is 13.6. The van der Waals surface area contributed by atoms with Crippen LogP contribution >= 0.6 is 11.8 Å². The molecule has 1 saturated heterocycles. The van der Waals surface area contributed by atoms with Gasteiger partial charge in [-0.15, -0.1) is 0 Å².